The molecule has 0 aliphatic heterocycles. The first-order valence-electron chi connectivity index (χ1n) is 5.44. The zero-order valence-corrected chi connectivity index (χ0v) is 10.5. The molecule has 0 saturated heterocycles. The maximum absolute atomic E-state index is 11.2. The van der Waals surface area contributed by atoms with Gasteiger partial charge in [0.25, 0.3) is 0 Å². The number of primary amides is 1. The highest BCUT2D eigenvalue weighted by Gasteiger charge is 2.15. The highest BCUT2D eigenvalue weighted by molar-refractivity contribution is 5.82. The van der Waals surface area contributed by atoms with Gasteiger partial charge >= 0.3 is 17.9 Å². The van der Waals surface area contributed by atoms with Gasteiger partial charge in [0.1, 0.15) is 11.5 Å². The monoisotopic (exact) mass is 284 g/mol. The lowest BCUT2D eigenvalue weighted by Gasteiger charge is -2.12. The van der Waals surface area contributed by atoms with E-state index in [9.17, 15) is 19.7 Å². The minimum absolute atomic E-state index is 0.0341. The number of esters is 1. The molecule has 0 fully saturated rings. The van der Waals surface area contributed by atoms with Gasteiger partial charge in [-0.1, -0.05) is 0 Å². The average Bonchev–Trinajstić information content (AvgIpc) is 2.83. The molecule has 108 valence electrons. The summed E-state index contributed by atoms with van der Waals surface area (Å²) >= 11 is 0. The molecule has 0 spiro atoms. The number of nitro groups is 1. The Morgan fingerprint density at radius 2 is 2.30 bits per heavy atom. The van der Waals surface area contributed by atoms with Crippen molar-refractivity contribution in [3.63, 3.8) is 0 Å². The maximum atomic E-state index is 11.2. The van der Waals surface area contributed by atoms with Crippen LogP contribution >= 0.6 is 0 Å². The van der Waals surface area contributed by atoms with Gasteiger partial charge in [-0.25, -0.2) is 9.80 Å². The third-order valence-electron chi connectivity index (χ3n) is 1.96. The number of furan rings is 1. The van der Waals surface area contributed by atoms with Gasteiger partial charge in [-0.3, -0.25) is 14.9 Å². The quantitative estimate of drug-likeness (QED) is 0.348. The molecule has 1 aromatic rings. The normalized spacial score (nSPS) is 10.4. The number of nitrogens with two attached hydrogens (primary N) is 1. The summed E-state index contributed by atoms with van der Waals surface area (Å²) in [5, 5.41) is 14.6. The van der Waals surface area contributed by atoms with Gasteiger partial charge in [0.05, 0.1) is 18.9 Å². The van der Waals surface area contributed by atoms with E-state index < -0.39 is 29.4 Å². The van der Waals surface area contributed by atoms with Crippen molar-refractivity contribution in [3.05, 3.63) is 28.0 Å². The molecule has 1 rings (SSSR count). The third-order valence-corrected chi connectivity index (χ3v) is 1.96. The van der Waals surface area contributed by atoms with Crippen molar-refractivity contribution in [3.8, 4) is 0 Å². The summed E-state index contributed by atoms with van der Waals surface area (Å²) in [6.07, 6.45) is 1.02. The van der Waals surface area contributed by atoms with Crippen LogP contribution in [0.2, 0.25) is 0 Å². The molecule has 0 saturated carbocycles. The molecule has 0 aromatic carbocycles. The van der Waals surface area contributed by atoms with Crippen LogP contribution in [0.5, 0.6) is 0 Å². The lowest BCUT2D eigenvalue weighted by molar-refractivity contribution is -0.402. The predicted molar refractivity (Wildman–Crippen MR) is 65.9 cm³/mol. The fraction of sp³-hybridized carbons (Fsp3) is 0.300. The molecular formula is C10H12N4O6. The first-order chi connectivity index (χ1) is 9.43. The van der Waals surface area contributed by atoms with Gasteiger partial charge in [0.15, 0.2) is 5.76 Å². The topological polar surface area (TPSA) is 141 Å². The lowest BCUT2D eigenvalue weighted by Crippen LogP contribution is -2.36. The minimum Gasteiger partial charge on any atom is -0.465 e. The lowest BCUT2D eigenvalue weighted by atomic mass is 10.5. The second-order valence-electron chi connectivity index (χ2n) is 3.38. The second-order valence-corrected chi connectivity index (χ2v) is 3.38. The van der Waals surface area contributed by atoms with Gasteiger partial charge < -0.3 is 14.9 Å². The van der Waals surface area contributed by atoms with Gasteiger partial charge in [-0.2, -0.15) is 5.10 Å². The van der Waals surface area contributed by atoms with Crippen LogP contribution in [0, 0.1) is 10.1 Å². The molecule has 1 heterocycles. The maximum Gasteiger partial charge on any atom is 0.433 e. The number of carbonyl (C=O) groups excluding carboxylic acids is 2. The number of nitrogens with zero attached hydrogens (tertiary/aromatic N) is 3. The SMILES string of the molecule is CCOC(=O)CN(/N=C/c1ccc([N+](=O)[O-])o1)C(N)=O. The van der Waals surface area contributed by atoms with E-state index in [1.165, 1.54) is 6.07 Å². The average molecular weight is 284 g/mol. The Balaban J connectivity index is 2.73. The number of amides is 2. The van der Waals surface area contributed by atoms with Crippen molar-refractivity contribution in [2.45, 2.75) is 6.92 Å². The molecule has 10 nitrogen and oxygen atoms in total. The molecule has 0 atom stereocenters. The highest BCUT2D eigenvalue weighted by atomic mass is 16.6. The van der Waals surface area contributed by atoms with Crippen LogP contribution in [0.1, 0.15) is 12.7 Å². The molecule has 0 radical (unpaired) electrons. The van der Waals surface area contributed by atoms with Crippen molar-refractivity contribution in [2.24, 2.45) is 10.8 Å². The van der Waals surface area contributed by atoms with Crippen molar-refractivity contribution in [1.82, 2.24) is 5.01 Å². The summed E-state index contributed by atoms with van der Waals surface area (Å²) in [4.78, 5) is 31.9. The van der Waals surface area contributed by atoms with Crippen LogP contribution in [-0.4, -0.2) is 41.3 Å². The van der Waals surface area contributed by atoms with Crippen LogP contribution in [0.4, 0.5) is 10.7 Å². The van der Waals surface area contributed by atoms with Crippen LogP contribution in [0.3, 0.4) is 0 Å². The molecule has 2 amide bonds. The number of rotatable bonds is 6. The van der Waals surface area contributed by atoms with E-state index in [0.717, 1.165) is 12.3 Å². The van der Waals surface area contributed by atoms with Gasteiger partial charge in [-0.15, -0.1) is 0 Å². The summed E-state index contributed by atoms with van der Waals surface area (Å²) in [6.45, 7) is 1.29. The fourth-order valence-electron chi connectivity index (χ4n) is 1.14. The van der Waals surface area contributed by atoms with Crippen molar-refractivity contribution >= 4 is 24.1 Å². The van der Waals surface area contributed by atoms with E-state index in [0.29, 0.717) is 5.01 Å². The van der Waals surface area contributed by atoms with Crippen LogP contribution in [0.15, 0.2) is 21.7 Å². The Bertz CT molecular complexity index is 538. The van der Waals surface area contributed by atoms with Crippen LogP contribution in [-0.2, 0) is 9.53 Å². The van der Waals surface area contributed by atoms with Gasteiger partial charge in [0, 0.05) is 0 Å². The molecule has 1 aromatic heterocycles. The molecule has 0 unspecified atom stereocenters. The second kappa shape index (κ2) is 6.87. The number of ether oxygens (including phenoxy) is 1. The van der Waals surface area contributed by atoms with Crippen molar-refractivity contribution < 1.29 is 23.7 Å². The fourth-order valence-corrected chi connectivity index (χ4v) is 1.14. The molecular weight excluding hydrogens is 272 g/mol. The number of carbonyl (C=O) groups is 2. The minimum atomic E-state index is -0.977. The predicted octanol–water partition coefficient (Wildman–Crippen LogP) is 0.465. The Labute approximate surface area is 112 Å². The van der Waals surface area contributed by atoms with E-state index in [1.807, 2.05) is 0 Å². The van der Waals surface area contributed by atoms with E-state index >= 15 is 0 Å². The smallest absolute Gasteiger partial charge is 0.433 e. The highest BCUT2D eigenvalue weighted by Crippen LogP contribution is 2.13. The first kappa shape index (κ1) is 15.1. The summed E-state index contributed by atoms with van der Waals surface area (Å²) in [7, 11) is 0. The number of hydrogen-bond donors (Lipinski definition) is 1. The summed E-state index contributed by atoms with van der Waals surface area (Å²) in [5.74, 6) is -1.12. The standard InChI is InChI=1S/C10H12N4O6/c1-2-19-9(15)6-13(10(11)16)12-5-7-3-4-8(20-7)14(17)18/h3-5H,2,6H2,1H3,(H2,11,16)/b12-5+. The summed E-state index contributed by atoms with van der Waals surface area (Å²) < 4.78 is 9.42. The van der Waals surface area contributed by atoms with E-state index in [4.69, 9.17) is 10.2 Å². The number of urea groups is 1. The summed E-state index contributed by atoms with van der Waals surface area (Å²) in [6, 6.07) is 1.43. The number of hydrazone groups is 1. The number of hydrogen-bond acceptors (Lipinski definition) is 7. The van der Waals surface area contributed by atoms with Crippen molar-refractivity contribution in [1.29, 1.82) is 0 Å². The molecule has 0 bridgehead atoms. The van der Waals surface area contributed by atoms with Gasteiger partial charge in [-0.05, 0) is 13.0 Å². The van der Waals surface area contributed by atoms with E-state index in [2.05, 4.69) is 9.84 Å². The first-order valence-corrected chi connectivity index (χ1v) is 5.44. The third kappa shape index (κ3) is 4.40. The Morgan fingerprint density at radius 3 is 2.80 bits per heavy atom. The molecule has 20 heavy (non-hydrogen) atoms. The summed E-state index contributed by atoms with van der Waals surface area (Å²) in [5.41, 5.74) is 5.03. The zero-order chi connectivity index (χ0) is 15.1. The van der Waals surface area contributed by atoms with E-state index in [1.54, 1.807) is 6.92 Å². The van der Waals surface area contributed by atoms with Crippen LogP contribution < -0.4 is 5.73 Å². The van der Waals surface area contributed by atoms with Crippen LogP contribution in [0.25, 0.3) is 0 Å². The Kier molecular flexibility index (Phi) is 5.21. The molecule has 0 aliphatic rings. The largest absolute Gasteiger partial charge is 0.465 e. The van der Waals surface area contributed by atoms with Crippen molar-refractivity contribution in [2.75, 3.05) is 13.2 Å². The molecule has 10 heteroatoms. The Morgan fingerprint density at radius 1 is 1.60 bits per heavy atom. The molecule has 2 N–H and O–H groups in total. The van der Waals surface area contributed by atoms with E-state index in [-0.39, 0.29) is 12.4 Å². The Hall–Kier alpha value is -2.91. The zero-order valence-electron chi connectivity index (χ0n) is 10.5. The van der Waals surface area contributed by atoms with Gasteiger partial charge in [0.2, 0.25) is 0 Å². The molecule has 0 aliphatic carbocycles.